The van der Waals surface area contributed by atoms with Gasteiger partial charge in [0.15, 0.2) is 0 Å². The van der Waals surface area contributed by atoms with Crippen LogP contribution in [0.2, 0.25) is 0 Å². The topological polar surface area (TPSA) is 96.8 Å². The van der Waals surface area contributed by atoms with Crippen molar-refractivity contribution in [2.24, 2.45) is 11.7 Å². The van der Waals surface area contributed by atoms with E-state index in [9.17, 15) is 14.4 Å². The van der Waals surface area contributed by atoms with Gasteiger partial charge in [-0.25, -0.2) is 0 Å². The lowest BCUT2D eigenvalue weighted by Crippen LogP contribution is -2.43. The predicted octanol–water partition coefficient (Wildman–Crippen LogP) is 2.34. The molecule has 1 aliphatic heterocycles. The lowest BCUT2D eigenvalue weighted by atomic mass is 9.96. The molecule has 1 fully saturated rings. The molecule has 1 aromatic carbocycles. The summed E-state index contributed by atoms with van der Waals surface area (Å²) in [6.45, 7) is 3.54. The Labute approximate surface area is 170 Å². The molecular weight excluding hydrogens is 370 g/mol. The first-order valence-electron chi connectivity index (χ1n) is 9.90. The molecule has 3 rings (SSSR count). The molecule has 0 atom stereocenters. The van der Waals surface area contributed by atoms with E-state index in [4.69, 9.17) is 10.2 Å². The van der Waals surface area contributed by atoms with Gasteiger partial charge in [-0.15, -0.1) is 0 Å². The van der Waals surface area contributed by atoms with E-state index in [0.29, 0.717) is 50.3 Å². The molecule has 7 nitrogen and oxygen atoms in total. The standard InChI is InChI=1S/C22H27N3O4/c1-16-19(10-14-29-16)22(28)25(15-17-5-3-2-4-6-17)13-9-20(26)24-11-7-18(8-12-24)21(23)27/h2-6,10,14,18H,7-9,11-13,15H2,1H3,(H2,23,27). The van der Waals surface area contributed by atoms with Crippen molar-refractivity contribution in [3.63, 3.8) is 0 Å². The Bertz CT molecular complexity index is 854. The monoisotopic (exact) mass is 397 g/mol. The molecule has 29 heavy (non-hydrogen) atoms. The van der Waals surface area contributed by atoms with Crippen LogP contribution in [0.15, 0.2) is 47.1 Å². The fraction of sp³-hybridized carbons (Fsp3) is 0.409. The number of furan rings is 1. The molecule has 1 aromatic heterocycles. The number of likely N-dealkylation sites (tertiary alicyclic amines) is 1. The predicted molar refractivity (Wildman–Crippen MR) is 108 cm³/mol. The highest BCUT2D eigenvalue weighted by atomic mass is 16.3. The van der Waals surface area contributed by atoms with Gasteiger partial charge in [-0.3, -0.25) is 14.4 Å². The van der Waals surface area contributed by atoms with Gasteiger partial charge in [-0.05, 0) is 31.4 Å². The SMILES string of the molecule is Cc1occc1C(=O)N(CCC(=O)N1CCC(C(N)=O)CC1)Cc1ccccc1. The minimum absolute atomic E-state index is 0.0114. The molecule has 0 saturated carbocycles. The molecular formula is C22H27N3O4. The summed E-state index contributed by atoms with van der Waals surface area (Å²) < 4.78 is 5.28. The summed E-state index contributed by atoms with van der Waals surface area (Å²) in [6.07, 6.45) is 2.93. The number of benzene rings is 1. The molecule has 7 heteroatoms. The Morgan fingerprint density at radius 1 is 1.14 bits per heavy atom. The van der Waals surface area contributed by atoms with Gasteiger partial charge in [-0.2, -0.15) is 0 Å². The van der Waals surface area contributed by atoms with E-state index < -0.39 is 0 Å². The van der Waals surface area contributed by atoms with E-state index in [1.54, 1.807) is 22.8 Å². The van der Waals surface area contributed by atoms with Crippen LogP contribution in [0.5, 0.6) is 0 Å². The van der Waals surface area contributed by atoms with Crippen LogP contribution in [0.3, 0.4) is 0 Å². The van der Waals surface area contributed by atoms with Gasteiger partial charge in [0.2, 0.25) is 11.8 Å². The lowest BCUT2D eigenvalue weighted by molar-refractivity contribution is -0.135. The molecule has 0 bridgehead atoms. The second-order valence-corrected chi connectivity index (χ2v) is 7.41. The first kappa shape index (κ1) is 20.6. The van der Waals surface area contributed by atoms with Crippen LogP contribution >= 0.6 is 0 Å². The van der Waals surface area contributed by atoms with Crippen LogP contribution < -0.4 is 5.73 Å². The third kappa shape index (κ3) is 5.25. The van der Waals surface area contributed by atoms with Gasteiger partial charge < -0.3 is 20.0 Å². The van der Waals surface area contributed by atoms with Crippen molar-refractivity contribution in [2.75, 3.05) is 19.6 Å². The summed E-state index contributed by atoms with van der Waals surface area (Å²) in [5.74, 6) is -0.0533. The zero-order chi connectivity index (χ0) is 20.8. The van der Waals surface area contributed by atoms with Gasteiger partial charge in [0.05, 0.1) is 11.8 Å². The second kappa shape index (κ2) is 9.41. The summed E-state index contributed by atoms with van der Waals surface area (Å²) in [7, 11) is 0. The first-order chi connectivity index (χ1) is 14.0. The highest BCUT2D eigenvalue weighted by molar-refractivity contribution is 5.95. The van der Waals surface area contributed by atoms with Crippen LogP contribution in [-0.4, -0.2) is 47.2 Å². The Morgan fingerprint density at radius 2 is 1.83 bits per heavy atom. The smallest absolute Gasteiger partial charge is 0.257 e. The maximum absolute atomic E-state index is 13.0. The van der Waals surface area contributed by atoms with Crippen molar-refractivity contribution >= 4 is 17.7 Å². The van der Waals surface area contributed by atoms with E-state index in [1.165, 1.54) is 6.26 Å². The number of primary amides is 1. The zero-order valence-corrected chi connectivity index (χ0v) is 16.7. The van der Waals surface area contributed by atoms with Crippen LogP contribution in [0.1, 0.15) is 40.9 Å². The Morgan fingerprint density at radius 3 is 2.41 bits per heavy atom. The molecule has 2 aromatic rings. The minimum Gasteiger partial charge on any atom is -0.469 e. The van der Waals surface area contributed by atoms with Gasteiger partial charge in [0.25, 0.3) is 5.91 Å². The van der Waals surface area contributed by atoms with E-state index in [1.807, 2.05) is 30.3 Å². The largest absolute Gasteiger partial charge is 0.469 e. The molecule has 154 valence electrons. The molecule has 0 radical (unpaired) electrons. The number of rotatable bonds is 7. The number of piperidine rings is 1. The number of nitrogens with two attached hydrogens (primary N) is 1. The van der Waals surface area contributed by atoms with Gasteiger partial charge in [-0.1, -0.05) is 30.3 Å². The first-order valence-corrected chi connectivity index (χ1v) is 9.90. The van der Waals surface area contributed by atoms with E-state index in [0.717, 1.165) is 5.56 Å². The fourth-order valence-electron chi connectivity index (χ4n) is 3.64. The molecule has 2 N–H and O–H groups in total. The number of hydrogen-bond acceptors (Lipinski definition) is 4. The molecule has 0 spiro atoms. The third-order valence-electron chi connectivity index (χ3n) is 5.44. The zero-order valence-electron chi connectivity index (χ0n) is 16.7. The van der Waals surface area contributed by atoms with Crippen molar-refractivity contribution in [3.8, 4) is 0 Å². The van der Waals surface area contributed by atoms with Gasteiger partial charge in [0.1, 0.15) is 5.76 Å². The number of nitrogens with zero attached hydrogens (tertiary/aromatic N) is 2. The van der Waals surface area contributed by atoms with Gasteiger partial charge in [0, 0.05) is 38.5 Å². The quantitative estimate of drug-likeness (QED) is 0.775. The number of amides is 3. The van der Waals surface area contributed by atoms with Crippen molar-refractivity contribution in [1.29, 1.82) is 0 Å². The summed E-state index contributed by atoms with van der Waals surface area (Å²) in [6, 6.07) is 11.4. The third-order valence-corrected chi connectivity index (χ3v) is 5.44. The Hall–Kier alpha value is -3.09. The normalized spacial score (nSPS) is 14.6. The maximum Gasteiger partial charge on any atom is 0.257 e. The van der Waals surface area contributed by atoms with Crippen molar-refractivity contribution in [1.82, 2.24) is 9.80 Å². The number of carbonyl (C=O) groups is 3. The van der Waals surface area contributed by atoms with E-state index in [2.05, 4.69) is 0 Å². The molecule has 1 aliphatic rings. The molecule has 1 saturated heterocycles. The molecule has 3 amide bonds. The number of aryl methyl sites for hydroxylation is 1. The number of hydrogen-bond donors (Lipinski definition) is 1. The summed E-state index contributed by atoms with van der Waals surface area (Å²) in [4.78, 5) is 40.4. The summed E-state index contributed by atoms with van der Waals surface area (Å²) >= 11 is 0. The van der Waals surface area contributed by atoms with Crippen LogP contribution in [-0.2, 0) is 16.1 Å². The van der Waals surface area contributed by atoms with E-state index in [-0.39, 0.29) is 30.1 Å². The van der Waals surface area contributed by atoms with Crippen molar-refractivity contribution < 1.29 is 18.8 Å². The van der Waals surface area contributed by atoms with Crippen molar-refractivity contribution in [2.45, 2.75) is 32.7 Å². The Kier molecular flexibility index (Phi) is 6.69. The average molecular weight is 397 g/mol. The fourth-order valence-corrected chi connectivity index (χ4v) is 3.64. The van der Waals surface area contributed by atoms with Crippen LogP contribution in [0.25, 0.3) is 0 Å². The molecule has 2 heterocycles. The van der Waals surface area contributed by atoms with Crippen molar-refractivity contribution in [3.05, 3.63) is 59.5 Å². The molecule has 0 unspecified atom stereocenters. The average Bonchev–Trinajstić information content (AvgIpc) is 3.17. The highest BCUT2D eigenvalue weighted by Crippen LogP contribution is 2.19. The van der Waals surface area contributed by atoms with Crippen LogP contribution in [0.4, 0.5) is 0 Å². The van der Waals surface area contributed by atoms with Gasteiger partial charge >= 0.3 is 0 Å². The summed E-state index contributed by atoms with van der Waals surface area (Å²) in [5, 5.41) is 0. The lowest BCUT2D eigenvalue weighted by Gasteiger charge is -2.31. The molecule has 0 aliphatic carbocycles. The maximum atomic E-state index is 13.0. The van der Waals surface area contributed by atoms with Crippen LogP contribution in [0, 0.1) is 12.8 Å². The van der Waals surface area contributed by atoms with E-state index >= 15 is 0 Å². The minimum atomic E-state index is -0.299. The Balaban J connectivity index is 1.64. The highest BCUT2D eigenvalue weighted by Gasteiger charge is 2.27. The second-order valence-electron chi connectivity index (χ2n) is 7.41. The summed E-state index contributed by atoms with van der Waals surface area (Å²) in [5.41, 5.74) is 6.86. The number of carbonyl (C=O) groups excluding carboxylic acids is 3.